The molecule has 2 bridgehead atoms. The maximum atomic E-state index is 13.8. The minimum absolute atomic E-state index is 0.0406. The van der Waals surface area contributed by atoms with Crippen LogP contribution in [0.3, 0.4) is 0 Å². The summed E-state index contributed by atoms with van der Waals surface area (Å²) in [5.74, 6) is 2.14. The standard InChI is InChI=1S/C39H44N6O6S/c1-7-13-49-35-21(3)36-37(51-19-50-36)31-25(35)16-27-32-30-23(14-20(2)34(48-6)33(30)46)15-26(44(32)5)28(17-40)45(27)29(31)18-41-38(47)22(4)42-39(52)43-24-11-9-8-10-12-24/h7-12,14,22,26-29,32,46H,1,13,15-16,18-19H2,2-6H3,(H,41,47)(H2,42,43,52)/t22?,26-,27?,28-,29-,32-/m0/s1. The largest absolute Gasteiger partial charge is 0.504 e. The van der Waals surface area contributed by atoms with Crippen molar-refractivity contribution in [1.82, 2.24) is 20.4 Å². The maximum absolute atomic E-state index is 13.8. The van der Waals surface area contributed by atoms with Crippen LogP contribution in [0.2, 0.25) is 0 Å². The Morgan fingerprint density at radius 1 is 1.17 bits per heavy atom. The molecule has 0 spiro atoms. The fraction of sp³-hybridized carbons (Fsp3) is 0.410. The quantitative estimate of drug-likeness (QED) is 0.182. The van der Waals surface area contributed by atoms with Crippen LogP contribution in [0.15, 0.2) is 49.1 Å². The second-order valence-corrected chi connectivity index (χ2v) is 14.2. The summed E-state index contributed by atoms with van der Waals surface area (Å²) in [4.78, 5) is 18.2. The molecule has 4 N–H and O–H groups in total. The van der Waals surface area contributed by atoms with Crippen molar-refractivity contribution in [2.24, 2.45) is 0 Å². The molecular formula is C39H44N6O6S. The smallest absolute Gasteiger partial charge is 0.242 e. The number of likely N-dealkylation sites (N-methyl/N-ethyl adjacent to an activating group) is 1. The third-order valence-corrected chi connectivity index (χ3v) is 11.1. The third kappa shape index (κ3) is 5.84. The van der Waals surface area contributed by atoms with Gasteiger partial charge < -0.3 is 40.0 Å². The van der Waals surface area contributed by atoms with Gasteiger partial charge >= 0.3 is 0 Å². The van der Waals surface area contributed by atoms with E-state index in [0.717, 1.165) is 39.1 Å². The minimum Gasteiger partial charge on any atom is -0.504 e. The number of hydrogen-bond acceptors (Lipinski definition) is 10. The molecule has 0 saturated carbocycles. The molecule has 52 heavy (non-hydrogen) atoms. The molecular weight excluding hydrogens is 681 g/mol. The molecule has 13 heteroatoms. The number of nitrogens with zero attached hydrogens (tertiary/aromatic N) is 3. The van der Waals surface area contributed by atoms with E-state index < -0.39 is 18.1 Å². The Morgan fingerprint density at radius 3 is 2.63 bits per heavy atom. The van der Waals surface area contributed by atoms with Crippen LogP contribution in [0.25, 0.3) is 0 Å². The molecule has 272 valence electrons. The van der Waals surface area contributed by atoms with E-state index in [1.165, 1.54) is 0 Å². The van der Waals surface area contributed by atoms with Crippen LogP contribution in [-0.2, 0) is 17.6 Å². The highest BCUT2D eigenvalue weighted by Gasteiger charge is 2.56. The van der Waals surface area contributed by atoms with Crippen molar-refractivity contribution >= 4 is 28.9 Å². The third-order valence-electron chi connectivity index (χ3n) is 10.9. The second-order valence-electron chi connectivity index (χ2n) is 13.8. The number of phenolic OH excluding ortho intramolecular Hbond substituents is 1. The molecule has 1 saturated heterocycles. The number of aromatic hydroxyl groups is 1. The van der Waals surface area contributed by atoms with Gasteiger partial charge in [0.05, 0.1) is 25.3 Å². The van der Waals surface area contributed by atoms with Gasteiger partial charge in [-0.25, -0.2) is 0 Å². The molecule has 1 amide bonds. The number of amides is 1. The van der Waals surface area contributed by atoms with Gasteiger partial charge in [-0.2, -0.15) is 5.26 Å². The molecule has 7 rings (SSSR count). The number of hydrogen-bond donors (Lipinski definition) is 4. The number of ether oxygens (including phenoxy) is 4. The Labute approximate surface area is 309 Å². The molecule has 4 aliphatic rings. The summed E-state index contributed by atoms with van der Waals surface area (Å²) in [5, 5.41) is 32.4. The van der Waals surface area contributed by atoms with Gasteiger partial charge in [0.25, 0.3) is 0 Å². The van der Waals surface area contributed by atoms with Crippen molar-refractivity contribution in [3.8, 4) is 34.8 Å². The van der Waals surface area contributed by atoms with E-state index in [9.17, 15) is 15.2 Å². The van der Waals surface area contributed by atoms with E-state index >= 15 is 0 Å². The summed E-state index contributed by atoms with van der Waals surface area (Å²) in [6.07, 6.45) is 2.74. The lowest BCUT2D eigenvalue weighted by Crippen LogP contribution is -2.69. The van der Waals surface area contributed by atoms with Crippen LogP contribution in [0.4, 0.5) is 5.69 Å². The lowest BCUT2D eigenvalue weighted by Gasteiger charge is -2.60. The van der Waals surface area contributed by atoms with Crippen LogP contribution in [-0.4, -0.2) is 84.2 Å². The van der Waals surface area contributed by atoms with Crippen molar-refractivity contribution in [2.45, 2.75) is 69.9 Å². The van der Waals surface area contributed by atoms with Crippen LogP contribution in [0.1, 0.15) is 52.4 Å². The molecule has 1 fully saturated rings. The summed E-state index contributed by atoms with van der Waals surface area (Å²) in [6, 6.07) is 11.7. The number of nitrogens with one attached hydrogen (secondary N) is 3. The zero-order valence-corrected chi connectivity index (χ0v) is 30.8. The van der Waals surface area contributed by atoms with Gasteiger partial charge in [-0.1, -0.05) is 36.9 Å². The number of aryl methyl sites for hydroxylation is 1. The highest BCUT2D eigenvalue weighted by atomic mass is 32.1. The maximum Gasteiger partial charge on any atom is 0.242 e. The monoisotopic (exact) mass is 724 g/mol. The van der Waals surface area contributed by atoms with Crippen molar-refractivity contribution in [2.75, 3.05) is 39.4 Å². The normalized spacial score (nSPS) is 23.2. The van der Waals surface area contributed by atoms with Crippen LogP contribution >= 0.6 is 12.2 Å². The summed E-state index contributed by atoms with van der Waals surface area (Å²) >= 11 is 5.51. The Hall–Kier alpha value is -5.03. The first kappa shape index (κ1) is 35.4. The zero-order chi connectivity index (χ0) is 36.8. The lowest BCUT2D eigenvalue weighted by molar-refractivity contribution is -0.123. The molecule has 0 radical (unpaired) electrons. The van der Waals surface area contributed by atoms with Gasteiger partial charge in [0.15, 0.2) is 28.1 Å². The van der Waals surface area contributed by atoms with E-state index in [1.54, 1.807) is 20.1 Å². The van der Waals surface area contributed by atoms with Gasteiger partial charge in [0.2, 0.25) is 12.7 Å². The fourth-order valence-electron chi connectivity index (χ4n) is 8.67. The Bertz CT molecular complexity index is 1970. The number of nitriles is 1. The summed E-state index contributed by atoms with van der Waals surface area (Å²) in [5.41, 5.74) is 5.99. The number of phenols is 1. The number of methoxy groups -OCH3 is 1. The summed E-state index contributed by atoms with van der Waals surface area (Å²) in [6.45, 7) is 9.96. The number of rotatable bonds is 9. The number of fused-ring (bicyclic) bond motifs is 9. The van der Waals surface area contributed by atoms with Gasteiger partial charge in [-0.15, -0.1) is 0 Å². The van der Waals surface area contributed by atoms with Crippen molar-refractivity contribution in [1.29, 1.82) is 5.26 Å². The predicted molar refractivity (Wildman–Crippen MR) is 200 cm³/mol. The van der Waals surface area contributed by atoms with Crippen molar-refractivity contribution < 1.29 is 28.8 Å². The first-order chi connectivity index (χ1) is 25.1. The number of carbonyl (C=O) groups is 1. The first-order valence-electron chi connectivity index (χ1n) is 17.5. The Morgan fingerprint density at radius 2 is 1.92 bits per heavy atom. The van der Waals surface area contributed by atoms with E-state index in [-0.39, 0.29) is 49.7 Å². The molecule has 3 aromatic carbocycles. The SMILES string of the molecule is C=CCOc1c(C)c2c(c3c1CC1[C@H]4c5c(cc(C)c(OC)c5O)C[C@@H]([C@H](C#N)N1[C@H]3CNC(=O)C(C)NC(=S)Nc1ccccc1)N4C)OCO2. The highest BCUT2D eigenvalue weighted by Crippen LogP contribution is 2.58. The number of para-hydroxylation sites is 1. The van der Waals surface area contributed by atoms with Gasteiger partial charge in [-0.3, -0.25) is 14.6 Å². The minimum atomic E-state index is -0.671. The van der Waals surface area contributed by atoms with E-state index in [0.29, 0.717) is 41.0 Å². The van der Waals surface area contributed by atoms with Crippen LogP contribution in [0.5, 0.6) is 28.7 Å². The van der Waals surface area contributed by atoms with Gasteiger partial charge in [0.1, 0.15) is 24.4 Å². The number of piperazine rings is 1. The highest BCUT2D eigenvalue weighted by molar-refractivity contribution is 7.80. The van der Waals surface area contributed by atoms with E-state index in [2.05, 4.69) is 44.5 Å². The number of thiocarbonyl (C=S) groups is 1. The topological polar surface area (TPSA) is 141 Å². The molecule has 0 aromatic heterocycles. The van der Waals surface area contributed by atoms with E-state index in [1.807, 2.05) is 51.2 Å². The second kappa shape index (κ2) is 14.2. The fourth-order valence-corrected chi connectivity index (χ4v) is 8.96. The number of anilines is 1. The predicted octanol–water partition coefficient (Wildman–Crippen LogP) is 4.57. The Balaban J connectivity index is 1.31. The zero-order valence-electron chi connectivity index (χ0n) is 30.0. The summed E-state index contributed by atoms with van der Waals surface area (Å²) in [7, 11) is 3.59. The van der Waals surface area contributed by atoms with Gasteiger partial charge in [0, 0.05) is 46.6 Å². The molecule has 2 unspecified atom stereocenters. The first-order valence-corrected chi connectivity index (χ1v) is 17.9. The molecule has 12 nitrogen and oxygen atoms in total. The molecule has 6 atom stereocenters. The molecule has 0 aliphatic carbocycles. The molecule has 4 aliphatic heterocycles. The summed E-state index contributed by atoms with van der Waals surface area (Å²) < 4.78 is 24.3. The number of carbonyl (C=O) groups excluding carboxylic acids is 1. The average molecular weight is 725 g/mol. The van der Waals surface area contributed by atoms with Crippen molar-refractivity contribution in [3.63, 3.8) is 0 Å². The van der Waals surface area contributed by atoms with Crippen LogP contribution < -0.4 is 34.9 Å². The molecule has 3 aromatic rings. The Kier molecular flexibility index (Phi) is 9.65. The average Bonchev–Trinajstić information content (AvgIpc) is 3.62. The number of benzene rings is 3. The van der Waals surface area contributed by atoms with E-state index in [4.69, 9.17) is 31.2 Å². The molecule has 4 heterocycles. The lowest BCUT2D eigenvalue weighted by atomic mass is 9.71. The van der Waals surface area contributed by atoms with Gasteiger partial charge in [-0.05, 0) is 76.1 Å². The van der Waals surface area contributed by atoms with Crippen LogP contribution in [0, 0.1) is 25.2 Å². The van der Waals surface area contributed by atoms with Crippen molar-refractivity contribution in [3.05, 3.63) is 82.4 Å².